The Morgan fingerprint density at radius 1 is 1.33 bits per heavy atom. The minimum Gasteiger partial charge on any atom is -0.481 e. The van der Waals surface area contributed by atoms with Gasteiger partial charge in [0, 0.05) is 26.2 Å². The van der Waals surface area contributed by atoms with Gasteiger partial charge in [-0.3, -0.25) is 4.79 Å². The molecule has 0 aromatic heterocycles. The maximum absolute atomic E-state index is 10.4. The maximum atomic E-state index is 10.4. The van der Waals surface area contributed by atoms with Crippen LogP contribution in [0.5, 0.6) is 0 Å². The van der Waals surface area contributed by atoms with Crippen LogP contribution >= 0.6 is 0 Å². The van der Waals surface area contributed by atoms with Gasteiger partial charge in [-0.15, -0.1) is 0 Å². The molecule has 0 bridgehead atoms. The van der Waals surface area contributed by atoms with Gasteiger partial charge in [-0.2, -0.15) is 0 Å². The molecule has 0 radical (unpaired) electrons. The lowest BCUT2D eigenvalue weighted by atomic mass is 10.1. The molecule has 15 heavy (non-hydrogen) atoms. The number of carbonyl (C=O) groups is 1. The van der Waals surface area contributed by atoms with E-state index in [0.717, 1.165) is 6.42 Å². The third kappa shape index (κ3) is 3.62. The Balaban J connectivity index is 2.63. The molecule has 1 aromatic carbocycles. The molecule has 0 fully saturated rings. The Morgan fingerprint density at radius 3 is 2.60 bits per heavy atom. The first-order chi connectivity index (χ1) is 7.11. The molecule has 0 saturated carbocycles. The van der Waals surface area contributed by atoms with Crippen LogP contribution in [0.4, 0.5) is 5.69 Å². The molecule has 3 heteroatoms. The highest BCUT2D eigenvalue weighted by atomic mass is 16.4. The fourth-order valence-corrected chi connectivity index (χ4v) is 1.59. The van der Waals surface area contributed by atoms with Crippen molar-refractivity contribution in [1.29, 1.82) is 0 Å². The van der Waals surface area contributed by atoms with Crippen molar-refractivity contribution in [2.75, 3.05) is 19.0 Å². The Bertz CT molecular complexity index is 334. The number of carboxylic acid groups (broad SMARTS) is 1. The Labute approximate surface area is 90.3 Å². The number of nitrogens with zero attached hydrogens (tertiary/aromatic N) is 1. The summed E-state index contributed by atoms with van der Waals surface area (Å²) in [6, 6.07) is 8.09. The van der Waals surface area contributed by atoms with Crippen molar-refractivity contribution in [3.8, 4) is 0 Å². The van der Waals surface area contributed by atoms with Gasteiger partial charge in [0.1, 0.15) is 0 Å². The zero-order valence-corrected chi connectivity index (χ0v) is 9.23. The molecule has 1 N–H and O–H groups in total. The van der Waals surface area contributed by atoms with Crippen LogP contribution in [0.3, 0.4) is 0 Å². The summed E-state index contributed by atoms with van der Waals surface area (Å²) in [5, 5.41) is 8.56. The predicted octanol–water partition coefficient (Wildman–Crippen LogP) is 2.16. The fourth-order valence-electron chi connectivity index (χ4n) is 1.59. The van der Waals surface area contributed by atoms with Crippen molar-refractivity contribution in [1.82, 2.24) is 0 Å². The lowest BCUT2D eigenvalue weighted by Crippen LogP contribution is -2.11. The molecule has 0 spiro atoms. The topological polar surface area (TPSA) is 40.5 Å². The van der Waals surface area contributed by atoms with Crippen LogP contribution in [0.25, 0.3) is 0 Å². The van der Waals surface area contributed by atoms with Crippen LogP contribution in [-0.4, -0.2) is 25.2 Å². The van der Waals surface area contributed by atoms with Gasteiger partial charge in [0.05, 0.1) is 0 Å². The molecular formula is C12H17NO2. The quantitative estimate of drug-likeness (QED) is 0.804. The highest BCUT2D eigenvalue weighted by molar-refractivity contribution is 5.66. The third-order valence-corrected chi connectivity index (χ3v) is 2.31. The first-order valence-corrected chi connectivity index (χ1v) is 5.08. The predicted molar refractivity (Wildman–Crippen MR) is 61.3 cm³/mol. The van der Waals surface area contributed by atoms with Gasteiger partial charge in [0.25, 0.3) is 0 Å². The molecule has 0 atom stereocenters. The first-order valence-electron chi connectivity index (χ1n) is 5.08. The highest BCUT2D eigenvalue weighted by Gasteiger charge is 2.04. The summed E-state index contributed by atoms with van der Waals surface area (Å²) < 4.78 is 0. The molecule has 82 valence electrons. The molecule has 0 unspecified atom stereocenters. The van der Waals surface area contributed by atoms with E-state index >= 15 is 0 Å². The van der Waals surface area contributed by atoms with E-state index in [1.54, 1.807) is 0 Å². The van der Waals surface area contributed by atoms with Crippen molar-refractivity contribution in [2.45, 2.75) is 19.3 Å². The first kappa shape index (κ1) is 11.6. The second-order valence-corrected chi connectivity index (χ2v) is 3.77. The largest absolute Gasteiger partial charge is 0.481 e. The smallest absolute Gasteiger partial charge is 0.303 e. The standard InChI is InChI=1S/C12H17NO2/c1-13(2)11-8-4-3-6-10(11)7-5-9-12(14)15/h3-4,6,8H,5,7,9H2,1-2H3,(H,14,15). The average Bonchev–Trinajstić information content (AvgIpc) is 2.17. The number of para-hydroxylation sites is 1. The van der Waals surface area contributed by atoms with Crippen molar-refractivity contribution in [3.05, 3.63) is 29.8 Å². The van der Waals surface area contributed by atoms with Gasteiger partial charge in [-0.1, -0.05) is 18.2 Å². The van der Waals surface area contributed by atoms with Crippen LogP contribution in [0, 0.1) is 0 Å². The van der Waals surface area contributed by atoms with Crippen molar-refractivity contribution in [2.24, 2.45) is 0 Å². The molecule has 0 aliphatic carbocycles. The van der Waals surface area contributed by atoms with E-state index in [1.165, 1.54) is 11.3 Å². The van der Waals surface area contributed by atoms with E-state index in [9.17, 15) is 4.79 Å². The minimum absolute atomic E-state index is 0.238. The number of rotatable bonds is 5. The zero-order valence-electron chi connectivity index (χ0n) is 9.23. The number of hydrogen-bond acceptors (Lipinski definition) is 2. The summed E-state index contributed by atoms with van der Waals surface area (Å²) in [6.45, 7) is 0. The van der Waals surface area contributed by atoms with Gasteiger partial charge < -0.3 is 10.0 Å². The lowest BCUT2D eigenvalue weighted by Gasteiger charge is -2.16. The van der Waals surface area contributed by atoms with E-state index in [2.05, 4.69) is 17.0 Å². The van der Waals surface area contributed by atoms with E-state index in [1.807, 2.05) is 26.2 Å². The monoisotopic (exact) mass is 207 g/mol. The number of aliphatic carboxylic acids is 1. The summed E-state index contributed by atoms with van der Waals surface area (Å²) >= 11 is 0. The summed E-state index contributed by atoms with van der Waals surface area (Å²) in [5.41, 5.74) is 2.38. The van der Waals surface area contributed by atoms with Gasteiger partial charge in [0.2, 0.25) is 0 Å². The molecule has 0 aliphatic rings. The zero-order chi connectivity index (χ0) is 11.3. The normalized spacial score (nSPS) is 10.0. The number of hydrogen-bond donors (Lipinski definition) is 1. The van der Waals surface area contributed by atoms with Crippen molar-refractivity contribution >= 4 is 11.7 Å². The van der Waals surface area contributed by atoms with Crippen LogP contribution < -0.4 is 4.90 Å². The second-order valence-electron chi connectivity index (χ2n) is 3.77. The molecule has 0 amide bonds. The third-order valence-electron chi connectivity index (χ3n) is 2.31. The van der Waals surface area contributed by atoms with E-state index < -0.39 is 5.97 Å². The number of aryl methyl sites for hydroxylation is 1. The molecule has 0 aliphatic heterocycles. The molecule has 0 heterocycles. The number of carboxylic acids is 1. The Morgan fingerprint density at radius 2 is 2.00 bits per heavy atom. The van der Waals surface area contributed by atoms with Crippen LogP contribution in [0.15, 0.2) is 24.3 Å². The van der Waals surface area contributed by atoms with Gasteiger partial charge >= 0.3 is 5.97 Å². The average molecular weight is 207 g/mol. The van der Waals surface area contributed by atoms with E-state index in [0.29, 0.717) is 6.42 Å². The molecule has 3 nitrogen and oxygen atoms in total. The molecular weight excluding hydrogens is 190 g/mol. The Hall–Kier alpha value is -1.51. The van der Waals surface area contributed by atoms with Crippen LogP contribution in [0.2, 0.25) is 0 Å². The highest BCUT2D eigenvalue weighted by Crippen LogP contribution is 2.19. The molecule has 1 rings (SSSR count). The number of benzene rings is 1. The lowest BCUT2D eigenvalue weighted by molar-refractivity contribution is -0.137. The molecule has 1 aromatic rings. The van der Waals surface area contributed by atoms with E-state index in [4.69, 9.17) is 5.11 Å². The molecule has 0 saturated heterocycles. The SMILES string of the molecule is CN(C)c1ccccc1CCCC(=O)O. The van der Waals surface area contributed by atoms with E-state index in [-0.39, 0.29) is 6.42 Å². The Kier molecular flexibility index (Phi) is 4.16. The van der Waals surface area contributed by atoms with Crippen LogP contribution in [0.1, 0.15) is 18.4 Å². The summed E-state index contributed by atoms with van der Waals surface area (Å²) in [4.78, 5) is 12.4. The number of anilines is 1. The second kappa shape index (κ2) is 5.39. The van der Waals surface area contributed by atoms with Gasteiger partial charge in [-0.05, 0) is 24.5 Å². The summed E-state index contributed by atoms with van der Waals surface area (Å²) in [6.07, 6.45) is 1.75. The van der Waals surface area contributed by atoms with Crippen molar-refractivity contribution < 1.29 is 9.90 Å². The fraction of sp³-hybridized carbons (Fsp3) is 0.417. The summed E-state index contributed by atoms with van der Waals surface area (Å²) in [7, 11) is 3.99. The maximum Gasteiger partial charge on any atom is 0.303 e. The summed E-state index contributed by atoms with van der Waals surface area (Å²) in [5.74, 6) is -0.725. The van der Waals surface area contributed by atoms with Gasteiger partial charge in [0.15, 0.2) is 0 Å². The minimum atomic E-state index is -0.725. The van der Waals surface area contributed by atoms with Crippen molar-refractivity contribution in [3.63, 3.8) is 0 Å². The van der Waals surface area contributed by atoms with Crippen LogP contribution in [-0.2, 0) is 11.2 Å². The van der Waals surface area contributed by atoms with Gasteiger partial charge in [-0.25, -0.2) is 0 Å².